The Morgan fingerprint density at radius 3 is 2.14 bits per heavy atom. The number of hydrogen-bond donors (Lipinski definition) is 0. The van der Waals surface area contributed by atoms with Gasteiger partial charge in [0, 0.05) is 11.8 Å². The minimum absolute atomic E-state index is 0.416. The van der Waals surface area contributed by atoms with Gasteiger partial charge in [0.15, 0.2) is 0 Å². The lowest BCUT2D eigenvalue weighted by Gasteiger charge is -2.32. The highest BCUT2D eigenvalue weighted by Crippen LogP contribution is 2.43. The molecule has 1 aromatic rings. The van der Waals surface area contributed by atoms with Gasteiger partial charge in [-0.25, -0.2) is 4.39 Å². The van der Waals surface area contributed by atoms with Crippen molar-refractivity contribution in [1.82, 2.24) is 9.78 Å². The van der Waals surface area contributed by atoms with Gasteiger partial charge in [-0.05, 0) is 48.5 Å². The van der Waals surface area contributed by atoms with E-state index < -0.39 is 59.5 Å². The average molecular weight is 420 g/mol. The first kappa shape index (κ1) is 23.4. The number of nitrogens with zero attached hydrogens (tertiary/aromatic N) is 2. The second-order valence-electron chi connectivity index (χ2n) is 8.82. The van der Waals surface area contributed by atoms with Gasteiger partial charge in [0.25, 0.3) is 0 Å². The highest BCUT2D eigenvalue weighted by Gasteiger charge is 2.55. The van der Waals surface area contributed by atoms with Crippen molar-refractivity contribution in [1.29, 1.82) is 0 Å². The van der Waals surface area contributed by atoms with Gasteiger partial charge in [0.2, 0.25) is 0 Å². The molecule has 162 valence electrons. The summed E-state index contributed by atoms with van der Waals surface area (Å²) in [4.78, 5) is 11.9. The van der Waals surface area contributed by atoms with Gasteiger partial charge in [-0.15, -0.1) is 0 Å². The third-order valence-electron chi connectivity index (χ3n) is 4.62. The van der Waals surface area contributed by atoms with Crippen LogP contribution in [0.1, 0.15) is 54.0 Å². The molecular weight excluding hydrogens is 395 g/mol. The summed E-state index contributed by atoms with van der Waals surface area (Å²) in [6, 6.07) is 0. The topological polar surface area (TPSA) is 62.6 Å². The molecule has 2 heterocycles. The summed E-state index contributed by atoms with van der Waals surface area (Å²) in [5.41, 5.74) is -6.49. The van der Waals surface area contributed by atoms with E-state index in [4.69, 9.17) is 14.0 Å². The number of carbonyl (C=O) groups is 1. The molecule has 1 aliphatic heterocycles. The van der Waals surface area contributed by atoms with Crippen LogP contribution in [-0.4, -0.2) is 45.8 Å². The second-order valence-corrected chi connectivity index (χ2v) is 8.82. The van der Waals surface area contributed by atoms with Crippen molar-refractivity contribution in [3.63, 3.8) is 0 Å². The number of allylic oxidation sites excluding steroid dienone is 1. The zero-order valence-corrected chi connectivity index (χ0v) is 17.5. The Balaban J connectivity index is 2.34. The minimum atomic E-state index is -5.03. The molecule has 0 unspecified atom stereocenters. The molecule has 0 amide bonds. The summed E-state index contributed by atoms with van der Waals surface area (Å²) in [7, 11) is -1.81. The summed E-state index contributed by atoms with van der Waals surface area (Å²) >= 11 is 0. The lowest BCUT2D eigenvalue weighted by Crippen LogP contribution is -2.41. The number of aromatic nitrogens is 2. The molecule has 0 bridgehead atoms. The monoisotopic (exact) mass is 420 g/mol. The fraction of sp³-hybridized carbons (Fsp3) is 0.667. The molecule has 29 heavy (non-hydrogen) atoms. The smallest absolute Gasteiger partial charge is 0.459 e. The molecule has 0 saturated carbocycles. The van der Waals surface area contributed by atoms with Crippen LogP contribution in [-0.2, 0) is 25.4 Å². The van der Waals surface area contributed by atoms with Crippen LogP contribution in [0, 0.1) is 0 Å². The van der Waals surface area contributed by atoms with Gasteiger partial charge in [0.05, 0.1) is 23.0 Å². The maximum absolute atomic E-state index is 14.9. The van der Waals surface area contributed by atoms with Crippen LogP contribution in [0.25, 0.3) is 5.57 Å². The first-order valence-corrected chi connectivity index (χ1v) is 9.00. The largest absolute Gasteiger partial charge is 0.525 e. The molecule has 0 spiro atoms. The lowest BCUT2D eigenvalue weighted by molar-refractivity contribution is -0.155. The molecule has 1 fully saturated rings. The molecule has 2 rings (SSSR count). The predicted octanol–water partition coefficient (Wildman–Crippen LogP) is 4.10. The molecule has 6 nitrogen and oxygen atoms in total. The highest BCUT2D eigenvalue weighted by atomic mass is 19.4. The third kappa shape index (κ3) is 5.39. The standard InChI is InChI=1S/C18H25BF4N2O4/c1-15(2,3)27-12(26)10-25-9-11(8-24-25)13(18(21,22)23)14(20)19-28-16(4,5)17(6,7)29-19/h8-9H,10H2,1-7H3. The SMILES string of the molecule is CC(C)(C)OC(=O)Cn1cc(C(=C(F)B2OC(C)(C)C(C)(C)O2)C(F)(F)F)cn1. The van der Waals surface area contributed by atoms with E-state index in [1.54, 1.807) is 48.5 Å². The van der Waals surface area contributed by atoms with Crippen LogP contribution in [0.4, 0.5) is 17.6 Å². The van der Waals surface area contributed by atoms with E-state index in [0.29, 0.717) is 0 Å². The van der Waals surface area contributed by atoms with E-state index >= 15 is 0 Å². The van der Waals surface area contributed by atoms with Crippen LogP contribution in [0.15, 0.2) is 18.1 Å². The van der Waals surface area contributed by atoms with Crippen molar-refractivity contribution >= 4 is 18.7 Å². The van der Waals surface area contributed by atoms with E-state index in [2.05, 4.69) is 5.10 Å². The van der Waals surface area contributed by atoms with Crippen LogP contribution < -0.4 is 0 Å². The molecule has 1 aliphatic rings. The summed E-state index contributed by atoms with van der Waals surface area (Å²) in [5, 5.41) is 3.72. The van der Waals surface area contributed by atoms with Gasteiger partial charge in [-0.2, -0.15) is 18.3 Å². The number of esters is 1. The average Bonchev–Trinajstić information content (AvgIpc) is 2.97. The molecule has 0 aliphatic carbocycles. The number of carbonyl (C=O) groups excluding carboxylic acids is 1. The molecule has 1 saturated heterocycles. The Morgan fingerprint density at radius 2 is 1.69 bits per heavy atom. The van der Waals surface area contributed by atoms with Crippen LogP contribution in [0.2, 0.25) is 0 Å². The molecule has 11 heteroatoms. The Labute approximate surface area is 167 Å². The fourth-order valence-corrected chi connectivity index (χ4v) is 2.59. The first-order chi connectivity index (χ1) is 12.9. The molecule has 0 N–H and O–H groups in total. The van der Waals surface area contributed by atoms with E-state index in [1.807, 2.05) is 0 Å². The van der Waals surface area contributed by atoms with Crippen molar-refractivity contribution in [2.75, 3.05) is 0 Å². The Kier molecular flexibility index (Phi) is 5.99. The van der Waals surface area contributed by atoms with Gasteiger partial charge in [0.1, 0.15) is 17.9 Å². The molecular formula is C18H25BF4N2O4. The normalized spacial score (nSPS) is 19.9. The van der Waals surface area contributed by atoms with Crippen LogP contribution >= 0.6 is 0 Å². The van der Waals surface area contributed by atoms with Crippen molar-refractivity contribution in [3.05, 3.63) is 23.7 Å². The van der Waals surface area contributed by atoms with E-state index in [9.17, 15) is 22.4 Å². The van der Waals surface area contributed by atoms with E-state index in [0.717, 1.165) is 17.1 Å². The van der Waals surface area contributed by atoms with E-state index in [-0.39, 0.29) is 0 Å². The third-order valence-corrected chi connectivity index (χ3v) is 4.62. The number of halogens is 4. The maximum atomic E-state index is 14.9. The number of hydrogen-bond acceptors (Lipinski definition) is 5. The lowest BCUT2D eigenvalue weighted by atomic mass is 9.83. The fourth-order valence-electron chi connectivity index (χ4n) is 2.59. The number of alkyl halides is 3. The van der Waals surface area contributed by atoms with Gasteiger partial charge in [-0.3, -0.25) is 9.48 Å². The molecule has 0 atom stereocenters. The predicted molar refractivity (Wildman–Crippen MR) is 98.2 cm³/mol. The zero-order valence-electron chi connectivity index (χ0n) is 17.5. The number of rotatable bonds is 4. The van der Waals surface area contributed by atoms with Gasteiger partial charge < -0.3 is 14.0 Å². The Bertz CT molecular complexity index is 794. The Hall–Kier alpha value is -1.88. The van der Waals surface area contributed by atoms with Crippen LogP contribution in [0.3, 0.4) is 0 Å². The van der Waals surface area contributed by atoms with Crippen molar-refractivity contribution in [3.8, 4) is 0 Å². The van der Waals surface area contributed by atoms with Crippen molar-refractivity contribution < 1.29 is 36.4 Å². The summed E-state index contributed by atoms with van der Waals surface area (Å²) < 4.78 is 72.7. The summed E-state index contributed by atoms with van der Waals surface area (Å²) in [5.74, 6) is -0.684. The number of ether oxygens (including phenoxy) is 1. The van der Waals surface area contributed by atoms with Crippen molar-refractivity contribution in [2.45, 2.75) is 78.0 Å². The summed E-state index contributed by atoms with van der Waals surface area (Å²) in [6.45, 7) is 11.0. The molecule has 0 aromatic carbocycles. The zero-order chi connectivity index (χ0) is 22.4. The quantitative estimate of drug-likeness (QED) is 0.417. The minimum Gasteiger partial charge on any atom is -0.459 e. The van der Waals surface area contributed by atoms with Crippen molar-refractivity contribution in [2.24, 2.45) is 0 Å². The van der Waals surface area contributed by atoms with Gasteiger partial charge >= 0.3 is 19.3 Å². The summed E-state index contributed by atoms with van der Waals surface area (Å²) in [6.07, 6.45) is -3.27. The van der Waals surface area contributed by atoms with Gasteiger partial charge in [-0.1, -0.05) is 0 Å². The Morgan fingerprint density at radius 1 is 1.17 bits per heavy atom. The van der Waals surface area contributed by atoms with Crippen LogP contribution in [0.5, 0.6) is 0 Å². The molecule has 1 aromatic heterocycles. The van der Waals surface area contributed by atoms with E-state index in [1.165, 1.54) is 0 Å². The first-order valence-electron chi connectivity index (χ1n) is 9.00. The molecule has 0 radical (unpaired) electrons. The maximum Gasteiger partial charge on any atom is 0.525 e. The second kappa shape index (κ2) is 7.43. The highest BCUT2D eigenvalue weighted by molar-refractivity contribution is 6.55.